The van der Waals surface area contributed by atoms with Gasteiger partial charge in [-0.05, 0) is 63.9 Å². The zero-order valence-electron chi connectivity index (χ0n) is 15.5. The van der Waals surface area contributed by atoms with Gasteiger partial charge in [0.05, 0.1) is 16.9 Å². The molecule has 1 fully saturated rings. The summed E-state index contributed by atoms with van der Waals surface area (Å²) in [6, 6.07) is 10.1. The number of nitrogens with zero attached hydrogens (tertiary/aromatic N) is 4. The van der Waals surface area contributed by atoms with Gasteiger partial charge in [-0.2, -0.15) is 10.4 Å². The van der Waals surface area contributed by atoms with Gasteiger partial charge in [0, 0.05) is 18.0 Å². The fraction of sp³-hybridized carbons (Fsp3) is 0.524. The highest BCUT2D eigenvalue weighted by Crippen LogP contribution is 2.36. The molecular formula is C21H27N5. The van der Waals surface area contributed by atoms with Gasteiger partial charge in [-0.15, -0.1) is 0 Å². The molecule has 1 saturated heterocycles. The van der Waals surface area contributed by atoms with E-state index in [0.717, 1.165) is 44.1 Å². The number of hydrogen-bond acceptors (Lipinski definition) is 4. The Balaban J connectivity index is 1.76. The standard InChI is InChI=1S/C21H27N5/c1-2-25-13-10-16(11-14-25)20-18-8-5-6-12-23-21(18)26(24-20)19-9-4-3-7-17(19)15-22/h3-4,7,9,16,23H,2,5-6,8,10-14H2,1H3. The summed E-state index contributed by atoms with van der Waals surface area (Å²) in [5.41, 5.74) is 4.21. The summed E-state index contributed by atoms with van der Waals surface area (Å²) < 4.78 is 2.00. The normalized spacial score (nSPS) is 18.6. The lowest BCUT2D eigenvalue weighted by Gasteiger charge is -2.30. The summed E-state index contributed by atoms with van der Waals surface area (Å²) in [6.07, 6.45) is 5.82. The Morgan fingerprint density at radius 3 is 2.81 bits per heavy atom. The van der Waals surface area contributed by atoms with Crippen molar-refractivity contribution in [2.45, 2.75) is 44.9 Å². The van der Waals surface area contributed by atoms with E-state index in [9.17, 15) is 5.26 Å². The van der Waals surface area contributed by atoms with E-state index in [4.69, 9.17) is 5.10 Å². The zero-order chi connectivity index (χ0) is 17.9. The van der Waals surface area contributed by atoms with Crippen LogP contribution in [0.25, 0.3) is 5.69 Å². The third-order valence-corrected chi connectivity index (χ3v) is 5.83. The van der Waals surface area contributed by atoms with Crippen molar-refractivity contribution in [2.75, 3.05) is 31.5 Å². The minimum atomic E-state index is 0.530. The van der Waals surface area contributed by atoms with Gasteiger partial charge in [0.1, 0.15) is 11.9 Å². The van der Waals surface area contributed by atoms with Crippen molar-refractivity contribution < 1.29 is 0 Å². The number of fused-ring (bicyclic) bond motifs is 1. The van der Waals surface area contributed by atoms with Gasteiger partial charge >= 0.3 is 0 Å². The summed E-state index contributed by atoms with van der Waals surface area (Å²) in [7, 11) is 0. The topological polar surface area (TPSA) is 56.9 Å². The number of anilines is 1. The third-order valence-electron chi connectivity index (χ3n) is 5.83. The molecule has 136 valence electrons. The van der Waals surface area contributed by atoms with Crippen molar-refractivity contribution in [2.24, 2.45) is 0 Å². The van der Waals surface area contributed by atoms with Gasteiger partial charge in [0.15, 0.2) is 0 Å². The first-order valence-electron chi connectivity index (χ1n) is 9.89. The van der Waals surface area contributed by atoms with Crippen LogP contribution in [-0.4, -0.2) is 40.9 Å². The fourth-order valence-electron chi connectivity index (χ4n) is 4.31. The second kappa shape index (κ2) is 7.51. The van der Waals surface area contributed by atoms with Crippen molar-refractivity contribution in [1.29, 1.82) is 5.26 Å². The molecule has 1 aromatic heterocycles. The molecule has 0 aliphatic carbocycles. The molecule has 5 nitrogen and oxygen atoms in total. The first kappa shape index (κ1) is 17.1. The molecule has 4 rings (SSSR count). The van der Waals surface area contributed by atoms with E-state index in [1.54, 1.807) is 0 Å². The number of nitriles is 1. The average molecular weight is 349 g/mol. The molecule has 2 aliphatic heterocycles. The highest BCUT2D eigenvalue weighted by atomic mass is 15.3. The SMILES string of the molecule is CCN1CCC(c2nn(-c3ccccc3C#N)c3c2CCCCN3)CC1. The summed E-state index contributed by atoms with van der Waals surface area (Å²) in [5, 5.41) is 18.2. The molecule has 3 heterocycles. The summed E-state index contributed by atoms with van der Waals surface area (Å²) in [5.74, 6) is 1.64. The van der Waals surface area contributed by atoms with E-state index in [0.29, 0.717) is 11.5 Å². The maximum absolute atomic E-state index is 9.53. The van der Waals surface area contributed by atoms with E-state index in [1.165, 1.54) is 36.9 Å². The lowest BCUT2D eigenvalue weighted by Crippen LogP contribution is -2.33. The molecule has 0 unspecified atom stereocenters. The van der Waals surface area contributed by atoms with Crippen molar-refractivity contribution in [1.82, 2.24) is 14.7 Å². The molecule has 0 atom stereocenters. The second-order valence-electron chi connectivity index (χ2n) is 7.35. The molecule has 26 heavy (non-hydrogen) atoms. The Hall–Kier alpha value is -2.32. The van der Waals surface area contributed by atoms with Crippen molar-refractivity contribution in [3.8, 4) is 11.8 Å². The van der Waals surface area contributed by atoms with Crippen LogP contribution in [0, 0.1) is 11.3 Å². The van der Waals surface area contributed by atoms with Crippen LogP contribution in [0.15, 0.2) is 24.3 Å². The minimum absolute atomic E-state index is 0.530. The van der Waals surface area contributed by atoms with Crippen molar-refractivity contribution in [3.63, 3.8) is 0 Å². The maximum Gasteiger partial charge on any atom is 0.133 e. The number of nitrogens with one attached hydrogen (secondary N) is 1. The number of rotatable bonds is 3. The predicted molar refractivity (Wildman–Crippen MR) is 104 cm³/mol. The largest absolute Gasteiger partial charge is 0.370 e. The lowest BCUT2D eigenvalue weighted by atomic mass is 9.90. The van der Waals surface area contributed by atoms with Gasteiger partial charge in [-0.3, -0.25) is 0 Å². The number of para-hydroxylation sites is 1. The number of benzene rings is 1. The van der Waals surface area contributed by atoms with Crippen LogP contribution >= 0.6 is 0 Å². The quantitative estimate of drug-likeness (QED) is 0.918. The molecule has 1 N–H and O–H groups in total. The van der Waals surface area contributed by atoms with Crippen molar-refractivity contribution >= 4 is 5.82 Å². The van der Waals surface area contributed by atoms with Gasteiger partial charge in [-0.1, -0.05) is 19.1 Å². The van der Waals surface area contributed by atoms with Crippen LogP contribution in [0.1, 0.15) is 55.3 Å². The van der Waals surface area contributed by atoms with Crippen LogP contribution in [0.3, 0.4) is 0 Å². The zero-order valence-corrected chi connectivity index (χ0v) is 15.5. The van der Waals surface area contributed by atoms with E-state index in [-0.39, 0.29) is 0 Å². The van der Waals surface area contributed by atoms with Gasteiger partial charge in [0.2, 0.25) is 0 Å². The fourth-order valence-corrected chi connectivity index (χ4v) is 4.31. The molecular weight excluding hydrogens is 322 g/mol. The molecule has 2 aromatic rings. The van der Waals surface area contributed by atoms with Gasteiger partial charge in [-0.25, -0.2) is 4.68 Å². The Labute approximate surface area is 155 Å². The molecule has 1 aromatic carbocycles. The molecule has 0 bridgehead atoms. The number of hydrogen-bond donors (Lipinski definition) is 1. The Morgan fingerprint density at radius 1 is 1.23 bits per heavy atom. The summed E-state index contributed by atoms with van der Waals surface area (Å²) in [6.45, 7) is 6.66. The van der Waals surface area contributed by atoms with Crippen LogP contribution in [-0.2, 0) is 6.42 Å². The highest BCUT2D eigenvalue weighted by Gasteiger charge is 2.29. The highest BCUT2D eigenvalue weighted by molar-refractivity contribution is 5.59. The number of aromatic nitrogens is 2. The summed E-state index contributed by atoms with van der Waals surface area (Å²) >= 11 is 0. The third kappa shape index (κ3) is 3.10. The predicted octanol–water partition coefficient (Wildman–Crippen LogP) is 3.69. The monoisotopic (exact) mass is 349 g/mol. The van der Waals surface area contributed by atoms with Crippen molar-refractivity contribution in [3.05, 3.63) is 41.1 Å². The first-order chi connectivity index (χ1) is 12.8. The Kier molecular flexibility index (Phi) is 4.94. The number of likely N-dealkylation sites (tertiary alicyclic amines) is 1. The Morgan fingerprint density at radius 2 is 2.04 bits per heavy atom. The second-order valence-corrected chi connectivity index (χ2v) is 7.35. The average Bonchev–Trinajstić information content (AvgIpc) is 2.88. The molecule has 2 aliphatic rings. The van der Waals surface area contributed by atoms with E-state index >= 15 is 0 Å². The first-order valence-corrected chi connectivity index (χ1v) is 9.89. The van der Waals surface area contributed by atoms with Crippen LogP contribution in [0.4, 0.5) is 5.82 Å². The maximum atomic E-state index is 9.53. The van der Waals surface area contributed by atoms with Crippen LogP contribution in [0.2, 0.25) is 0 Å². The smallest absolute Gasteiger partial charge is 0.133 e. The molecule has 0 radical (unpaired) electrons. The molecule has 0 amide bonds. The van der Waals surface area contributed by atoms with Gasteiger partial charge < -0.3 is 10.2 Å². The van der Waals surface area contributed by atoms with E-state index in [1.807, 2.05) is 28.9 Å². The van der Waals surface area contributed by atoms with Gasteiger partial charge in [0.25, 0.3) is 0 Å². The molecule has 0 saturated carbocycles. The van der Waals surface area contributed by atoms with E-state index < -0.39 is 0 Å². The molecule has 5 heteroatoms. The summed E-state index contributed by atoms with van der Waals surface area (Å²) in [4.78, 5) is 2.52. The van der Waals surface area contributed by atoms with Crippen LogP contribution in [0.5, 0.6) is 0 Å². The van der Waals surface area contributed by atoms with E-state index in [2.05, 4.69) is 23.2 Å². The number of piperidine rings is 1. The van der Waals surface area contributed by atoms with Crippen LogP contribution < -0.4 is 5.32 Å². The lowest BCUT2D eigenvalue weighted by molar-refractivity contribution is 0.220. The Bertz CT molecular complexity index is 808. The molecule has 0 spiro atoms. The minimum Gasteiger partial charge on any atom is -0.370 e.